The van der Waals surface area contributed by atoms with Gasteiger partial charge in [0.1, 0.15) is 5.82 Å². The van der Waals surface area contributed by atoms with Crippen molar-refractivity contribution in [1.82, 2.24) is 9.97 Å². The lowest BCUT2D eigenvalue weighted by Crippen LogP contribution is -2.14. The SMILES string of the molecule is Nc1ccc(F)cc1C(=O)Nc1ccc2nc[nH]c2c1. The number of nitrogens with two attached hydrogens (primary N) is 1. The van der Waals surface area contributed by atoms with Crippen LogP contribution in [0.1, 0.15) is 10.4 Å². The molecular formula is C14H11FN4O. The van der Waals surface area contributed by atoms with Crippen molar-refractivity contribution < 1.29 is 9.18 Å². The number of hydrogen-bond acceptors (Lipinski definition) is 3. The first-order valence-electron chi connectivity index (χ1n) is 5.93. The Hall–Kier alpha value is -2.89. The highest BCUT2D eigenvalue weighted by Crippen LogP contribution is 2.19. The third-order valence-electron chi connectivity index (χ3n) is 2.94. The molecule has 4 N–H and O–H groups in total. The van der Waals surface area contributed by atoms with E-state index in [0.29, 0.717) is 5.69 Å². The number of hydrogen-bond donors (Lipinski definition) is 3. The Morgan fingerprint density at radius 3 is 2.95 bits per heavy atom. The van der Waals surface area contributed by atoms with E-state index in [1.54, 1.807) is 24.5 Å². The average Bonchev–Trinajstić information content (AvgIpc) is 2.89. The van der Waals surface area contributed by atoms with Crippen molar-refractivity contribution in [3.8, 4) is 0 Å². The van der Waals surface area contributed by atoms with Crippen molar-refractivity contribution in [1.29, 1.82) is 0 Å². The summed E-state index contributed by atoms with van der Waals surface area (Å²) in [4.78, 5) is 19.1. The third-order valence-corrected chi connectivity index (χ3v) is 2.94. The Labute approximate surface area is 113 Å². The van der Waals surface area contributed by atoms with Gasteiger partial charge in [0.15, 0.2) is 0 Å². The molecule has 0 aliphatic carbocycles. The first-order chi connectivity index (χ1) is 9.63. The van der Waals surface area contributed by atoms with Gasteiger partial charge in [-0.15, -0.1) is 0 Å². The number of nitrogen functional groups attached to an aromatic ring is 1. The van der Waals surface area contributed by atoms with Crippen LogP contribution in [0.5, 0.6) is 0 Å². The smallest absolute Gasteiger partial charge is 0.257 e. The summed E-state index contributed by atoms with van der Waals surface area (Å²) in [6, 6.07) is 8.92. The highest BCUT2D eigenvalue weighted by atomic mass is 19.1. The first kappa shape index (κ1) is 12.2. The highest BCUT2D eigenvalue weighted by Gasteiger charge is 2.11. The molecule has 100 valence electrons. The van der Waals surface area contributed by atoms with E-state index in [-0.39, 0.29) is 11.3 Å². The summed E-state index contributed by atoms with van der Waals surface area (Å²) in [6.07, 6.45) is 1.57. The number of benzene rings is 2. The van der Waals surface area contributed by atoms with E-state index in [4.69, 9.17) is 5.73 Å². The number of aromatic amines is 1. The second-order valence-corrected chi connectivity index (χ2v) is 4.32. The van der Waals surface area contributed by atoms with Gasteiger partial charge in [0.05, 0.1) is 22.9 Å². The predicted molar refractivity (Wildman–Crippen MR) is 74.9 cm³/mol. The molecule has 5 nitrogen and oxygen atoms in total. The molecule has 0 saturated heterocycles. The number of rotatable bonds is 2. The van der Waals surface area contributed by atoms with Crippen LogP contribution < -0.4 is 11.1 Å². The number of fused-ring (bicyclic) bond motifs is 1. The zero-order valence-electron chi connectivity index (χ0n) is 10.4. The summed E-state index contributed by atoms with van der Waals surface area (Å²) in [6.45, 7) is 0. The van der Waals surface area contributed by atoms with Gasteiger partial charge in [-0.25, -0.2) is 9.37 Å². The molecule has 0 bridgehead atoms. The molecule has 6 heteroatoms. The molecule has 0 fully saturated rings. The lowest BCUT2D eigenvalue weighted by molar-refractivity contribution is 0.102. The van der Waals surface area contributed by atoms with Crippen molar-refractivity contribution in [3.05, 3.63) is 54.1 Å². The fraction of sp³-hybridized carbons (Fsp3) is 0. The minimum absolute atomic E-state index is 0.106. The minimum atomic E-state index is -0.506. The molecule has 1 amide bonds. The number of aromatic nitrogens is 2. The topological polar surface area (TPSA) is 83.8 Å². The Balaban J connectivity index is 1.89. The number of anilines is 2. The van der Waals surface area contributed by atoms with Crippen LogP contribution in [0.25, 0.3) is 11.0 Å². The number of carbonyl (C=O) groups excluding carboxylic acids is 1. The lowest BCUT2D eigenvalue weighted by Gasteiger charge is -2.07. The van der Waals surface area contributed by atoms with Gasteiger partial charge in [-0.2, -0.15) is 0 Å². The van der Waals surface area contributed by atoms with Crippen molar-refractivity contribution in [3.63, 3.8) is 0 Å². The molecule has 0 atom stereocenters. The summed E-state index contributed by atoms with van der Waals surface area (Å²) in [5.41, 5.74) is 8.19. The molecule has 0 saturated carbocycles. The van der Waals surface area contributed by atoms with E-state index in [9.17, 15) is 9.18 Å². The normalized spacial score (nSPS) is 10.7. The van der Waals surface area contributed by atoms with Crippen LogP contribution in [0.15, 0.2) is 42.7 Å². The minimum Gasteiger partial charge on any atom is -0.398 e. The zero-order chi connectivity index (χ0) is 14.1. The molecule has 3 aromatic rings. The second kappa shape index (κ2) is 4.65. The van der Waals surface area contributed by atoms with Gasteiger partial charge in [-0.05, 0) is 36.4 Å². The third kappa shape index (κ3) is 2.18. The molecule has 0 aliphatic rings. The molecule has 1 aromatic heterocycles. The molecular weight excluding hydrogens is 259 g/mol. The van der Waals surface area contributed by atoms with Gasteiger partial charge in [0.2, 0.25) is 0 Å². The van der Waals surface area contributed by atoms with Crippen LogP contribution in [-0.4, -0.2) is 15.9 Å². The maximum atomic E-state index is 13.2. The summed E-state index contributed by atoms with van der Waals surface area (Å²) >= 11 is 0. The summed E-state index contributed by atoms with van der Waals surface area (Å²) in [7, 11) is 0. The van der Waals surface area contributed by atoms with E-state index >= 15 is 0 Å². The van der Waals surface area contributed by atoms with E-state index in [1.165, 1.54) is 12.1 Å². The lowest BCUT2D eigenvalue weighted by atomic mass is 10.1. The fourth-order valence-corrected chi connectivity index (χ4v) is 1.94. The van der Waals surface area contributed by atoms with Gasteiger partial charge in [-0.1, -0.05) is 0 Å². The molecule has 1 heterocycles. The van der Waals surface area contributed by atoms with Crippen molar-refractivity contribution in [2.24, 2.45) is 0 Å². The first-order valence-corrected chi connectivity index (χ1v) is 5.93. The van der Waals surface area contributed by atoms with Crippen LogP contribution in [0.3, 0.4) is 0 Å². The Bertz CT molecular complexity index is 797. The molecule has 2 aromatic carbocycles. The zero-order valence-corrected chi connectivity index (χ0v) is 10.4. The Morgan fingerprint density at radius 1 is 1.25 bits per heavy atom. The summed E-state index contributed by atoms with van der Waals surface area (Å²) < 4.78 is 13.2. The number of nitrogens with zero attached hydrogens (tertiary/aromatic N) is 1. The standard InChI is InChI=1S/C14H11FN4O/c15-8-1-3-11(16)10(5-8)14(20)19-9-2-4-12-13(6-9)18-7-17-12/h1-7H,16H2,(H,17,18)(H,19,20). The van der Waals surface area contributed by atoms with Crippen LogP contribution in [0, 0.1) is 5.82 Å². The maximum Gasteiger partial charge on any atom is 0.257 e. The van der Waals surface area contributed by atoms with Gasteiger partial charge < -0.3 is 16.0 Å². The number of nitrogens with one attached hydrogen (secondary N) is 2. The van der Waals surface area contributed by atoms with Crippen molar-refractivity contribution in [2.45, 2.75) is 0 Å². The molecule has 0 aliphatic heterocycles. The van der Waals surface area contributed by atoms with Crippen LogP contribution in [-0.2, 0) is 0 Å². The van der Waals surface area contributed by atoms with E-state index < -0.39 is 11.7 Å². The molecule has 3 rings (SSSR count). The molecule has 0 unspecified atom stereocenters. The van der Waals surface area contributed by atoms with Crippen LogP contribution >= 0.6 is 0 Å². The largest absolute Gasteiger partial charge is 0.398 e. The van der Waals surface area contributed by atoms with Crippen molar-refractivity contribution in [2.75, 3.05) is 11.1 Å². The summed E-state index contributed by atoms with van der Waals surface area (Å²) in [5.74, 6) is -0.964. The van der Waals surface area contributed by atoms with Gasteiger partial charge in [0.25, 0.3) is 5.91 Å². The number of imidazole rings is 1. The number of halogens is 1. The number of amides is 1. The van der Waals surface area contributed by atoms with Gasteiger partial charge >= 0.3 is 0 Å². The average molecular weight is 270 g/mol. The van der Waals surface area contributed by atoms with Gasteiger partial charge in [0, 0.05) is 11.4 Å². The molecule has 0 radical (unpaired) electrons. The monoisotopic (exact) mass is 270 g/mol. The Kier molecular flexibility index (Phi) is 2.83. The predicted octanol–water partition coefficient (Wildman–Crippen LogP) is 2.54. The summed E-state index contributed by atoms with van der Waals surface area (Å²) in [5, 5.41) is 2.67. The molecule has 20 heavy (non-hydrogen) atoms. The van der Waals surface area contributed by atoms with E-state index in [1.807, 2.05) is 0 Å². The van der Waals surface area contributed by atoms with E-state index in [0.717, 1.165) is 17.1 Å². The van der Waals surface area contributed by atoms with E-state index in [2.05, 4.69) is 15.3 Å². The second-order valence-electron chi connectivity index (χ2n) is 4.32. The number of H-pyrrole nitrogens is 1. The van der Waals surface area contributed by atoms with Crippen molar-refractivity contribution >= 4 is 28.3 Å². The maximum absolute atomic E-state index is 13.2. The quantitative estimate of drug-likeness (QED) is 0.626. The van der Waals surface area contributed by atoms with Gasteiger partial charge in [-0.3, -0.25) is 4.79 Å². The number of carbonyl (C=O) groups is 1. The Morgan fingerprint density at radius 2 is 2.10 bits per heavy atom. The van der Waals surface area contributed by atoms with Crippen LogP contribution in [0.4, 0.5) is 15.8 Å². The van der Waals surface area contributed by atoms with Crippen LogP contribution in [0.2, 0.25) is 0 Å². The highest BCUT2D eigenvalue weighted by molar-refractivity contribution is 6.08. The fourth-order valence-electron chi connectivity index (χ4n) is 1.94. The molecule has 0 spiro atoms.